The summed E-state index contributed by atoms with van der Waals surface area (Å²) in [7, 11) is 0. The molecule has 2 heterocycles. The highest BCUT2D eigenvalue weighted by molar-refractivity contribution is 5.93. The molecule has 5 nitrogen and oxygen atoms in total. The number of pyridine rings is 1. The Kier molecular flexibility index (Phi) is 4.88. The van der Waals surface area contributed by atoms with Gasteiger partial charge in [-0.25, -0.2) is 9.07 Å². The Balaban J connectivity index is 2.06. The van der Waals surface area contributed by atoms with E-state index < -0.39 is 0 Å². The molecule has 0 aliphatic rings. The minimum Gasteiger partial charge on any atom is -0.348 e. The van der Waals surface area contributed by atoms with Gasteiger partial charge in [-0.05, 0) is 55.8 Å². The van der Waals surface area contributed by atoms with Gasteiger partial charge in [0.1, 0.15) is 5.82 Å². The summed E-state index contributed by atoms with van der Waals surface area (Å²) in [6.07, 6.45) is 4.21. The first-order valence-corrected chi connectivity index (χ1v) is 8.15. The highest BCUT2D eigenvalue weighted by Crippen LogP contribution is 2.23. The van der Waals surface area contributed by atoms with Crippen LogP contribution in [0.3, 0.4) is 0 Å². The summed E-state index contributed by atoms with van der Waals surface area (Å²) in [6.45, 7) is 3.94. The zero-order chi connectivity index (χ0) is 17.8. The lowest BCUT2D eigenvalue weighted by molar-refractivity contribution is 0.0934. The molecule has 0 radical (unpaired) electrons. The summed E-state index contributed by atoms with van der Waals surface area (Å²) in [5.74, 6) is -0.561. The molecular weight excluding hydrogens is 319 g/mol. The highest BCUT2D eigenvalue weighted by Gasteiger charge is 2.18. The lowest BCUT2D eigenvalue weighted by Gasteiger charge is -2.09. The third kappa shape index (κ3) is 3.74. The molecule has 0 saturated heterocycles. The highest BCUT2D eigenvalue weighted by atomic mass is 19.1. The number of nitrogens with zero attached hydrogens (tertiary/aromatic N) is 3. The fourth-order valence-electron chi connectivity index (χ4n) is 2.39. The van der Waals surface area contributed by atoms with Crippen LogP contribution >= 0.6 is 0 Å². The summed E-state index contributed by atoms with van der Waals surface area (Å²) in [5.41, 5.74) is 2.52. The summed E-state index contributed by atoms with van der Waals surface area (Å²) in [5, 5.41) is 7.34. The van der Waals surface area contributed by atoms with Gasteiger partial charge in [-0.1, -0.05) is 6.92 Å². The third-order valence-corrected chi connectivity index (χ3v) is 3.96. The van der Waals surface area contributed by atoms with Crippen LogP contribution in [0.4, 0.5) is 4.39 Å². The number of amides is 1. The Bertz CT molecular complexity index is 859. The average molecular weight is 338 g/mol. The third-order valence-electron chi connectivity index (χ3n) is 3.96. The standard InChI is InChI=1S/C19H19FN4O/c1-3-13(2)22-19(25)17-11-18(14-5-4-10-21-12-14)24(23-17)16-8-6-15(20)7-9-16/h4-13H,3H2,1-2H3,(H,22,25)/t13-/m1/s1. The van der Waals surface area contributed by atoms with Crippen LogP contribution in [0.25, 0.3) is 16.9 Å². The predicted molar refractivity (Wildman–Crippen MR) is 94.0 cm³/mol. The van der Waals surface area contributed by atoms with E-state index in [1.165, 1.54) is 12.1 Å². The van der Waals surface area contributed by atoms with Crippen LogP contribution in [0.2, 0.25) is 0 Å². The van der Waals surface area contributed by atoms with Crippen molar-refractivity contribution in [1.29, 1.82) is 0 Å². The fraction of sp³-hybridized carbons (Fsp3) is 0.211. The van der Waals surface area contributed by atoms with Crippen LogP contribution in [-0.4, -0.2) is 26.7 Å². The molecule has 1 N–H and O–H groups in total. The van der Waals surface area contributed by atoms with Crippen molar-refractivity contribution >= 4 is 5.91 Å². The number of hydrogen-bond acceptors (Lipinski definition) is 3. The number of rotatable bonds is 5. The van der Waals surface area contributed by atoms with Gasteiger partial charge in [0.25, 0.3) is 5.91 Å². The van der Waals surface area contributed by atoms with Gasteiger partial charge in [-0.15, -0.1) is 0 Å². The first kappa shape index (κ1) is 16.8. The monoisotopic (exact) mass is 338 g/mol. The molecule has 0 aliphatic carbocycles. The molecular formula is C19H19FN4O. The van der Waals surface area contributed by atoms with Crippen LogP contribution in [0.1, 0.15) is 30.8 Å². The molecule has 0 saturated carbocycles. The molecule has 0 spiro atoms. The first-order chi connectivity index (χ1) is 12.1. The molecule has 1 atom stereocenters. The molecule has 2 aromatic heterocycles. The van der Waals surface area contributed by atoms with E-state index in [4.69, 9.17) is 0 Å². The van der Waals surface area contributed by atoms with Crippen molar-refractivity contribution in [1.82, 2.24) is 20.1 Å². The normalized spacial score (nSPS) is 12.0. The fourth-order valence-corrected chi connectivity index (χ4v) is 2.39. The SMILES string of the molecule is CC[C@@H](C)NC(=O)c1cc(-c2cccnc2)n(-c2ccc(F)cc2)n1. The molecule has 128 valence electrons. The average Bonchev–Trinajstić information content (AvgIpc) is 3.08. The number of hydrogen-bond donors (Lipinski definition) is 1. The van der Waals surface area contributed by atoms with Crippen LogP contribution in [0.15, 0.2) is 54.9 Å². The molecule has 3 aromatic rings. The lowest BCUT2D eigenvalue weighted by Crippen LogP contribution is -2.32. The van der Waals surface area contributed by atoms with Crippen molar-refractivity contribution in [3.8, 4) is 16.9 Å². The largest absolute Gasteiger partial charge is 0.348 e. The van der Waals surface area contributed by atoms with Crippen LogP contribution in [0.5, 0.6) is 0 Å². The van der Waals surface area contributed by atoms with Gasteiger partial charge >= 0.3 is 0 Å². The number of benzene rings is 1. The van der Waals surface area contributed by atoms with Gasteiger partial charge in [0.05, 0.1) is 11.4 Å². The maximum atomic E-state index is 13.2. The Morgan fingerprint density at radius 2 is 2.04 bits per heavy atom. The van der Waals surface area contributed by atoms with E-state index in [1.807, 2.05) is 26.0 Å². The van der Waals surface area contributed by atoms with Gasteiger partial charge in [0.15, 0.2) is 5.69 Å². The van der Waals surface area contributed by atoms with Crippen LogP contribution in [0, 0.1) is 5.82 Å². The van der Waals surface area contributed by atoms with Gasteiger partial charge in [0, 0.05) is 24.0 Å². The lowest BCUT2D eigenvalue weighted by atomic mass is 10.2. The van der Waals surface area contributed by atoms with E-state index in [-0.39, 0.29) is 17.8 Å². The minimum absolute atomic E-state index is 0.0605. The summed E-state index contributed by atoms with van der Waals surface area (Å²) >= 11 is 0. The predicted octanol–water partition coefficient (Wildman–Crippen LogP) is 3.60. The topological polar surface area (TPSA) is 59.8 Å². The second-order valence-electron chi connectivity index (χ2n) is 5.83. The Hall–Kier alpha value is -3.02. The van der Waals surface area contributed by atoms with E-state index in [0.29, 0.717) is 17.1 Å². The van der Waals surface area contributed by atoms with Gasteiger partial charge < -0.3 is 5.32 Å². The molecule has 6 heteroatoms. The molecule has 1 aromatic carbocycles. The van der Waals surface area contributed by atoms with E-state index in [1.54, 1.807) is 35.3 Å². The molecule has 0 aliphatic heterocycles. The number of carbonyl (C=O) groups is 1. The summed E-state index contributed by atoms with van der Waals surface area (Å²) in [4.78, 5) is 16.6. The zero-order valence-electron chi connectivity index (χ0n) is 14.1. The number of nitrogens with one attached hydrogen (secondary N) is 1. The molecule has 1 amide bonds. The van der Waals surface area contributed by atoms with E-state index >= 15 is 0 Å². The second kappa shape index (κ2) is 7.25. The molecule has 25 heavy (non-hydrogen) atoms. The molecule has 3 rings (SSSR count). The molecule has 0 fully saturated rings. The van der Waals surface area contributed by atoms with Crippen molar-refractivity contribution < 1.29 is 9.18 Å². The maximum Gasteiger partial charge on any atom is 0.272 e. The number of halogens is 1. The Labute approximate surface area is 145 Å². The van der Waals surface area contributed by atoms with E-state index in [2.05, 4.69) is 15.4 Å². The zero-order valence-corrected chi connectivity index (χ0v) is 14.1. The molecule has 0 bridgehead atoms. The first-order valence-electron chi connectivity index (χ1n) is 8.15. The second-order valence-corrected chi connectivity index (χ2v) is 5.83. The van der Waals surface area contributed by atoms with Crippen molar-refractivity contribution in [2.45, 2.75) is 26.3 Å². The van der Waals surface area contributed by atoms with Crippen molar-refractivity contribution in [3.63, 3.8) is 0 Å². The van der Waals surface area contributed by atoms with Gasteiger partial charge in [0.2, 0.25) is 0 Å². The van der Waals surface area contributed by atoms with Crippen molar-refractivity contribution in [2.75, 3.05) is 0 Å². The van der Waals surface area contributed by atoms with Crippen molar-refractivity contribution in [2.24, 2.45) is 0 Å². The quantitative estimate of drug-likeness (QED) is 0.773. The summed E-state index contributed by atoms with van der Waals surface area (Å²) in [6, 6.07) is 11.5. The van der Waals surface area contributed by atoms with Crippen molar-refractivity contribution in [3.05, 3.63) is 66.4 Å². The number of aromatic nitrogens is 3. The number of carbonyl (C=O) groups excluding carboxylic acids is 1. The Morgan fingerprint density at radius 3 is 2.68 bits per heavy atom. The van der Waals surface area contributed by atoms with Crippen LogP contribution in [-0.2, 0) is 0 Å². The maximum absolute atomic E-state index is 13.2. The van der Waals surface area contributed by atoms with Gasteiger partial charge in [-0.2, -0.15) is 5.10 Å². The van der Waals surface area contributed by atoms with E-state index in [9.17, 15) is 9.18 Å². The smallest absolute Gasteiger partial charge is 0.272 e. The summed E-state index contributed by atoms with van der Waals surface area (Å²) < 4.78 is 14.9. The minimum atomic E-state index is -0.325. The van der Waals surface area contributed by atoms with E-state index in [0.717, 1.165) is 12.0 Å². The molecule has 0 unspecified atom stereocenters. The van der Waals surface area contributed by atoms with Crippen LogP contribution < -0.4 is 5.32 Å². The van der Waals surface area contributed by atoms with Gasteiger partial charge in [-0.3, -0.25) is 9.78 Å². The Morgan fingerprint density at radius 1 is 1.28 bits per heavy atom.